The summed E-state index contributed by atoms with van der Waals surface area (Å²) in [7, 11) is 1.44. The summed E-state index contributed by atoms with van der Waals surface area (Å²) in [4.78, 5) is 0. The zero-order valence-electron chi connectivity index (χ0n) is 10.3. The molecule has 3 rings (SSSR count). The Kier molecular flexibility index (Phi) is 2.59. The van der Waals surface area contributed by atoms with Gasteiger partial charge in [0.1, 0.15) is 13.2 Å². The highest BCUT2D eigenvalue weighted by molar-refractivity contribution is 5.58. The highest BCUT2D eigenvalue weighted by Crippen LogP contribution is 2.55. The standard InChI is InChI=1S/C13H16FNO3/c1-16-8-6-9-12(18-5-4-17-9)10(11(8)14)13(7-15)2-3-13/h6H,2-5,7,15H2,1H3. The van der Waals surface area contributed by atoms with Gasteiger partial charge in [-0.2, -0.15) is 0 Å². The molecule has 0 radical (unpaired) electrons. The van der Waals surface area contributed by atoms with Crippen molar-refractivity contribution in [3.63, 3.8) is 0 Å². The molecule has 4 nitrogen and oxygen atoms in total. The Balaban J connectivity index is 2.20. The molecule has 5 heteroatoms. The second-order valence-electron chi connectivity index (χ2n) is 4.78. The Morgan fingerprint density at radius 3 is 2.72 bits per heavy atom. The summed E-state index contributed by atoms with van der Waals surface area (Å²) in [6.45, 7) is 1.32. The first-order valence-corrected chi connectivity index (χ1v) is 6.08. The van der Waals surface area contributed by atoms with E-state index in [1.165, 1.54) is 7.11 Å². The number of fused-ring (bicyclic) bond motifs is 1. The number of halogens is 1. The third kappa shape index (κ3) is 1.54. The summed E-state index contributed by atoms with van der Waals surface area (Å²) in [5.41, 5.74) is 6.02. The zero-order chi connectivity index (χ0) is 12.8. The molecule has 1 aromatic rings. The molecule has 1 saturated carbocycles. The van der Waals surface area contributed by atoms with E-state index in [0.29, 0.717) is 36.8 Å². The van der Waals surface area contributed by atoms with Gasteiger partial charge in [-0.05, 0) is 12.8 Å². The minimum absolute atomic E-state index is 0.189. The molecule has 0 saturated heterocycles. The summed E-state index contributed by atoms with van der Waals surface area (Å²) >= 11 is 0. The first-order valence-electron chi connectivity index (χ1n) is 6.08. The van der Waals surface area contributed by atoms with E-state index in [0.717, 1.165) is 12.8 Å². The molecule has 98 valence electrons. The van der Waals surface area contributed by atoms with Crippen LogP contribution in [-0.2, 0) is 5.41 Å². The van der Waals surface area contributed by atoms with Crippen LogP contribution in [0.25, 0.3) is 0 Å². The minimum Gasteiger partial charge on any atom is -0.494 e. The first kappa shape index (κ1) is 11.6. The molecule has 0 aromatic heterocycles. The summed E-state index contributed by atoms with van der Waals surface area (Å²) in [6.07, 6.45) is 1.76. The van der Waals surface area contributed by atoms with Gasteiger partial charge < -0.3 is 19.9 Å². The molecule has 1 aromatic carbocycles. The quantitative estimate of drug-likeness (QED) is 0.889. The third-order valence-electron chi connectivity index (χ3n) is 3.73. The van der Waals surface area contributed by atoms with Crippen LogP contribution in [0.2, 0.25) is 0 Å². The Morgan fingerprint density at radius 2 is 2.11 bits per heavy atom. The Bertz CT molecular complexity index is 486. The zero-order valence-corrected chi connectivity index (χ0v) is 10.3. The van der Waals surface area contributed by atoms with Crippen LogP contribution in [0.15, 0.2) is 6.07 Å². The number of hydrogen-bond acceptors (Lipinski definition) is 4. The van der Waals surface area contributed by atoms with E-state index in [4.69, 9.17) is 19.9 Å². The lowest BCUT2D eigenvalue weighted by Gasteiger charge is -2.26. The van der Waals surface area contributed by atoms with Crippen LogP contribution in [0.5, 0.6) is 17.2 Å². The van der Waals surface area contributed by atoms with E-state index in [9.17, 15) is 4.39 Å². The van der Waals surface area contributed by atoms with Crippen LogP contribution in [0.3, 0.4) is 0 Å². The highest BCUT2D eigenvalue weighted by Gasteiger charge is 2.49. The van der Waals surface area contributed by atoms with E-state index in [2.05, 4.69) is 0 Å². The second-order valence-corrected chi connectivity index (χ2v) is 4.78. The summed E-state index contributed by atoms with van der Waals surface area (Å²) in [5.74, 6) is 0.871. The van der Waals surface area contributed by atoms with Crippen molar-refractivity contribution in [2.75, 3.05) is 26.9 Å². The van der Waals surface area contributed by atoms with Crippen molar-refractivity contribution in [2.24, 2.45) is 5.73 Å². The lowest BCUT2D eigenvalue weighted by Crippen LogP contribution is -2.25. The number of benzene rings is 1. The van der Waals surface area contributed by atoms with Crippen LogP contribution in [0, 0.1) is 5.82 Å². The van der Waals surface area contributed by atoms with Crippen molar-refractivity contribution < 1.29 is 18.6 Å². The molecule has 0 bridgehead atoms. The average Bonchev–Trinajstić information content (AvgIpc) is 3.19. The molecule has 1 aliphatic carbocycles. The molecule has 0 amide bonds. The molecule has 1 fully saturated rings. The van der Waals surface area contributed by atoms with Gasteiger partial charge in [-0.1, -0.05) is 0 Å². The monoisotopic (exact) mass is 253 g/mol. The third-order valence-corrected chi connectivity index (χ3v) is 3.73. The molecule has 18 heavy (non-hydrogen) atoms. The number of hydrogen-bond donors (Lipinski definition) is 1. The van der Waals surface area contributed by atoms with E-state index >= 15 is 0 Å². The van der Waals surface area contributed by atoms with Crippen molar-refractivity contribution in [3.8, 4) is 17.2 Å². The number of nitrogens with two attached hydrogens (primary N) is 1. The van der Waals surface area contributed by atoms with Crippen LogP contribution in [-0.4, -0.2) is 26.9 Å². The van der Waals surface area contributed by atoms with E-state index < -0.39 is 0 Å². The van der Waals surface area contributed by atoms with Gasteiger partial charge in [0.2, 0.25) is 0 Å². The van der Waals surface area contributed by atoms with E-state index in [-0.39, 0.29) is 17.0 Å². The highest BCUT2D eigenvalue weighted by atomic mass is 19.1. The molecular formula is C13H16FNO3. The normalized spacial score (nSPS) is 19.5. The SMILES string of the molecule is COc1cc2c(c(C3(CN)CC3)c1F)OCCO2. The van der Waals surface area contributed by atoms with Gasteiger partial charge in [-0.15, -0.1) is 0 Å². The molecule has 0 spiro atoms. The summed E-state index contributed by atoms with van der Waals surface area (Å²) in [6, 6.07) is 1.54. The second kappa shape index (κ2) is 4.02. The van der Waals surface area contributed by atoms with Crippen molar-refractivity contribution in [2.45, 2.75) is 18.3 Å². The van der Waals surface area contributed by atoms with E-state index in [1.807, 2.05) is 0 Å². The number of methoxy groups -OCH3 is 1. The van der Waals surface area contributed by atoms with Gasteiger partial charge >= 0.3 is 0 Å². The first-order chi connectivity index (χ1) is 8.72. The van der Waals surface area contributed by atoms with Gasteiger partial charge in [0, 0.05) is 23.6 Å². The number of ether oxygens (including phenoxy) is 3. The fraction of sp³-hybridized carbons (Fsp3) is 0.538. The van der Waals surface area contributed by atoms with Crippen molar-refractivity contribution in [1.29, 1.82) is 0 Å². The minimum atomic E-state index is -0.371. The largest absolute Gasteiger partial charge is 0.494 e. The van der Waals surface area contributed by atoms with Crippen LogP contribution >= 0.6 is 0 Å². The Labute approximate surface area is 105 Å². The van der Waals surface area contributed by atoms with E-state index in [1.54, 1.807) is 6.07 Å². The topological polar surface area (TPSA) is 53.7 Å². The van der Waals surface area contributed by atoms with Crippen molar-refractivity contribution in [3.05, 3.63) is 17.4 Å². The molecule has 1 heterocycles. The predicted octanol–water partition coefficient (Wildman–Crippen LogP) is 1.60. The fourth-order valence-corrected chi connectivity index (χ4v) is 2.47. The van der Waals surface area contributed by atoms with Gasteiger partial charge in [0.15, 0.2) is 23.1 Å². The van der Waals surface area contributed by atoms with Gasteiger partial charge in [0.05, 0.1) is 7.11 Å². The van der Waals surface area contributed by atoms with Crippen LogP contribution in [0.4, 0.5) is 4.39 Å². The summed E-state index contributed by atoms with van der Waals surface area (Å²) in [5, 5.41) is 0. The molecule has 0 unspecified atom stereocenters. The Hall–Kier alpha value is -1.49. The van der Waals surface area contributed by atoms with Gasteiger partial charge in [0.25, 0.3) is 0 Å². The molecule has 2 aliphatic rings. The molecule has 1 aliphatic heterocycles. The fourth-order valence-electron chi connectivity index (χ4n) is 2.47. The molecule has 0 atom stereocenters. The van der Waals surface area contributed by atoms with Crippen molar-refractivity contribution in [1.82, 2.24) is 0 Å². The summed E-state index contributed by atoms with van der Waals surface area (Å²) < 4.78 is 30.6. The maximum absolute atomic E-state index is 14.5. The van der Waals surface area contributed by atoms with Gasteiger partial charge in [-0.25, -0.2) is 4.39 Å². The average molecular weight is 253 g/mol. The maximum Gasteiger partial charge on any atom is 0.172 e. The smallest absolute Gasteiger partial charge is 0.172 e. The molecular weight excluding hydrogens is 237 g/mol. The molecule has 2 N–H and O–H groups in total. The lowest BCUT2D eigenvalue weighted by atomic mass is 9.93. The predicted molar refractivity (Wildman–Crippen MR) is 63.9 cm³/mol. The van der Waals surface area contributed by atoms with Crippen molar-refractivity contribution >= 4 is 0 Å². The Morgan fingerprint density at radius 1 is 1.39 bits per heavy atom. The van der Waals surface area contributed by atoms with Crippen LogP contribution in [0.1, 0.15) is 18.4 Å². The number of rotatable bonds is 3. The van der Waals surface area contributed by atoms with Gasteiger partial charge in [-0.3, -0.25) is 0 Å². The van der Waals surface area contributed by atoms with Crippen LogP contribution < -0.4 is 19.9 Å². The lowest BCUT2D eigenvalue weighted by molar-refractivity contribution is 0.166. The maximum atomic E-state index is 14.5.